The average molecular weight is 152 g/mol. The molecule has 1 aliphatic rings. The predicted molar refractivity (Wildman–Crippen MR) is 49.4 cm³/mol. The van der Waals surface area contributed by atoms with Gasteiger partial charge in [-0.3, -0.25) is 0 Å². The lowest BCUT2D eigenvalue weighted by atomic mass is 10.1. The maximum absolute atomic E-state index is 2.25. The molecule has 1 rings (SSSR count). The molecule has 0 aromatic rings. The van der Waals surface area contributed by atoms with Gasteiger partial charge in [0.1, 0.15) is 0 Å². The molecule has 0 heterocycles. The van der Waals surface area contributed by atoms with Crippen LogP contribution in [0.15, 0.2) is 23.8 Å². The molecule has 0 saturated carbocycles. The smallest absolute Gasteiger partial charge is 0.0818 e. The summed E-state index contributed by atoms with van der Waals surface area (Å²) in [6.07, 6.45) is 9.06. The van der Waals surface area contributed by atoms with Crippen molar-refractivity contribution in [1.29, 1.82) is 0 Å². The van der Waals surface area contributed by atoms with Crippen LogP contribution in [0, 0.1) is 0 Å². The molecule has 11 heavy (non-hydrogen) atoms. The number of rotatable bonds is 3. The first-order chi connectivity index (χ1) is 5.08. The van der Waals surface area contributed by atoms with Crippen LogP contribution in [0.2, 0.25) is 0 Å². The van der Waals surface area contributed by atoms with Crippen molar-refractivity contribution < 1.29 is 4.48 Å². The second-order valence-corrected chi connectivity index (χ2v) is 4.22. The Balaban J connectivity index is 2.23. The van der Waals surface area contributed by atoms with Gasteiger partial charge in [0.2, 0.25) is 0 Å². The van der Waals surface area contributed by atoms with Crippen molar-refractivity contribution >= 4 is 0 Å². The van der Waals surface area contributed by atoms with E-state index in [9.17, 15) is 0 Å². The molecule has 0 amide bonds. The zero-order valence-electron chi connectivity index (χ0n) is 7.80. The fraction of sp³-hybridized carbons (Fsp3) is 0.600. The van der Waals surface area contributed by atoms with Gasteiger partial charge < -0.3 is 4.48 Å². The highest BCUT2D eigenvalue weighted by molar-refractivity contribution is 5.22. The van der Waals surface area contributed by atoms with Gasteiger partial charge in [0, 0.05) is 6.42 Å². The second kappa shape index (κ2) is 3.22. The fourth-order valence-electron chi connectivity index (χ4n) is 1.16. The van der Waals surface area contributed by atoms with E-state index in [4.69, 9.17) is 0 Å². The van der Waals surface area contributed by atoms with Gasteiger partial charge in [-0.05, 0) is 6.42 Å². The van der Waals surface area contributed by atoms with Crippen molar-refractivity contribution in [2.45, 2.75) is 12.8 Å². The molecule has 62 valence electrons. The Hall–Kier alpha value is -0.560. The molecule has 0 saturated heterocycles. The van der Waals surface area contributed by atoms with Crippen molar-refractivity contribution in [3.05, 3.63) is 23.8 Å². The third kappa shape index (κ3) is 3.38. The zero-order chi connectivity index (χ0) is 8.32. The molecule has 0 unspecified atom stereocenters. The van der Waals surface area contributed by atoms with Crippen LogP contribution in [0.3, 0.4) is 0 Å². The summed E-state index contributed by atoms with van der Waals surface area (Å²) < 4.78 is 1.07. The lowest BCUT2D eigenvalue weighted by Gasteiger charge is -2.23. The predicted octanol–water partition coefficient (Wildman–Crippen LogP) is 1.97. The van der Waals surface area contributed by atoms with E-state index in [-0.39, 0.29) is 0 Å². The lowest BCUT2D eigenvalue weighted by molar-refractivity contribution is -0.870. The topological polar surface area (TPSA) is 0 Å². The average Bonchev–Trinajstić information content (AvgIpc) is 2.32. The van der Waals surface area contributed by atoms with Gasteiger partial charge in [-0.15, -0.1) is 0 Å². The third-order valence-electron chi connectivity index (χ3n) is 1.95. The van der Waals surface area contributed by atoms with Gasteiger partial charge in [0.05, 0.1) is 27.7 Å². The van der Waals surface area contributed by atoms with Crippen molar-refractivity contribution in [2.24, 2.45) is 0 Å². The van der Waals surface area contributed by atoms with E-state index in [2.05, 4.69) is 39.4 Å². The molecule has 0 bridgehead atoms. The summed E-state index contributed by atoms with van der Waals surface area (Å²) in [6.45, 7) is 1.24. The molecule has 0 radical (unpaired) electrons. The Morgan fingerprint density at radius 2 is 2.09 bits per heavy atom. The van der Waals surface area contributed by atoms with Crippen LogP contribution in [-0.4, -0.2) is 32.2 Å². The fourth-order valence-corrected chi connectivity index (χ4v) is 1.16. The maximum Gasteiger partial charge on any atom is 0.0818 e. The molecule has 1 heteroatoms. The Bertz CT molecular complexity index is 182. The monoisotopic (exact) mass is 152 g/mol. The minimum absolute atomic E-state index is 1.07. The van der Waals surface area contributed by atoms with Crippen LogP contribution in [0.1, 0.15) is 12.8 Å². The molecule has 0 aliphatic heterocycles. The molecule has 0 fully saturated rings. The second-order valence-electron chi connectivity index (χ2n) is 4.22. The van der Waals surface area contributed by atoms with Crippen LogP contribution >= 0.6 is 0 Å². The van der Waals surface area contributed by atoms with Crippen molar-refractivity contribution in [3.63, 3.8) is 0 Å². The van der Waals surface area contributed by atoms with E-state index < -0.39 is 0 Å². The van der Waals surface area contributed by atoms with E-state index in [0.717, 1.165) is 4.48 Å². The van der Waals surface area contributed by atoms with E-state index in [1.165, 1.54) is 19.4 Å². The lowest BCUT2D eigenvalue weighted by Crippen LogP contribution is -2.35. The maximum atomic E-state index is 2.25. The van der Waals surface area contributed by atoms with Crippen LogP contribution in [0.4, 0.5) is 0 Å². The summed E-state index contributed by atoms with van der Waals surface area (Å²) >= 11 is 0. The molecule has 1 aliphatic carbocycles. The van der Waals surface area contributed by atoms with Gasteiger partial charge in [-0.2, -0.15) is 0 Å². The van der Waals surface area contributed by atoms with Gasteiger partial charge >= 0.3 is 0 Å². The minimum atomic E-state index is 1.07. The summed E-state index contributed by atoms with van der Waals surface area (Å²) in [5.41, 5.74) is 1.58. The number of hydrogen-bond acceptors (Lipinski definition) is 0. The SMILES string of the molecule is C[N+](C)(C)CCC1=CC=CC1. The number of quaternary nitrogens is 1. The molecule has 1 nitrogen and oxygen atoms in total. The van der Waals surface area contributed by atoms with Crippen LogP contribution in [0.25, 0.3) is 0 Å². The first-order valence-electron chi connectivity index (χ1n) is 4.23. The molecule has 0 aromatic heterocycles. The summed E-state index contributed by atoms with van der Waals surface area (Å²) in [6, 6.07) is 0. The molecular weight excluding hydrogens is 134 g/mol. The van der Waals surface area contributed by atoms with E-state index in [1.54, 1.807) is 5.57 Å². The normalized spacial score (nSPS) is 17.2. The molecule has 0 atom stereocenters. The van der Waals surface area contributed by atoms with Crippen molar-refractivity contribution in [1.82, 2.24) is 0 Å². The van der Waals surface area contributed by atoms with Crippen LogP contribution in [-0.2, 0) is 0 Å². The largest absolute Gasteiger partial charge is 0.331 e. The third-order valence-corrected chi connectivity index (χ3v) is 1.95. The van der Waals surface area contributed by atoms with E-state index in [1.807, 2.05) is 0 Å². The summed E-state index contributed by atoms with van der Waals surface area (Å²) in [5, 5.41) is 0. The minimum Gasteiger partial charge on any atom is -0.331 e. The van der Waals surface area contributed by atoms with Crippen LogP contribution in [0.5, 0.6) is 0 Å². The van der Waals surface area contributed by atoms with E-state index >= 15 is 0 Å². The Morgan fingerprint density at radius 3 is 2.55 bits per heavy atom. The zero-order valence-corrected chi connectivity index (χ0v) is 7.80. The summed E-state index contributed by atoms with van der Waals surface area (Å²) in [7, 11) is 6.72. The molecule has 0 N–H and O–H groups in total. The molecule has 0 spiro atoms. The highest BCUT2D eigenvalue weighted by atomic mass is 15.3. The number of nitrogens with zero attached hydrogens (tertiary/aromatic N) is 1. The van der Waals surface area contributed by atoms with Crippen LogP contribution < -0.4 is 0 Å². The first kappa shape index (κ1) is 8.54. The van der Waals surface area contributed by atoms with Gasteiger partial charge in [-0.1, -0.05) is 23.8 Å². The Kier molecular flexibility index (Phi) is 2.50. The highest BCUT2D eigenvalue weighted by Gasteiger charge is 2.08. The summed E-state index contributed by atoms with van der Waals surface area (Å²) in [5.74, 6) is 0. The van der Waals surface area contributed by atoms with Crippen molar-refractivity contribution in [2.75, 3.05) is 27.7 Å². The Labute approximate surface area is 69.6 Å². The van der Waals surface area contributed by atoms with Crippen molar-refractivity contribution in [3.8, 4) is 0 Å². The number of allylic oxidation sites excluding steroid dienone is 3. The highest BCUT2D eigenvalue weighted by Crippen LogP contribution is 2.14. The summed E-state index contributed by atoms with van der Waals surface area (Å²) in [4.78, 5) is 0. The van der Waals surface area contributed by atoms with E-state index in [0.29, 0.717) is 0 Å². The molecular formula is C10H18N+. The van der Waals surface area contributed by atoms with Gasteiger partial charge in [0.15, 0.2) is 0 Å². The first-order valence-corrected chi connectivity index (χ1v) is 4.23. The van der Waals surface area contributed by atoms with Gasteiger partial charge in [-0.25, -0.2) is 0 Å². The quantitative estimate of drug-likeness (QED) is 0.542. The number of hydrogen-bond donors (Lipinski definition) is 0. The van der Waals surface area contributed by atoms with Gasteiger partial charge in [0.25, 0.3) is 0 Å². The molecule has 0 aromatic carbocycles. The Morgan fingerprint density at radius 1 is 1.36 bits per heavy atom. The standard InChI is InChI=1S/C10H18N/c1-11(2,3)9-8-10-6-4-5-7-10/h4-6H,7-9H2,1-3H3/q+1.